The molecule has 0 spiro atoms. The first kappa shape index (κ1) is 15.8. The van der Waals surface area contributed by atoms with Gasteiger partial charge in [-0.1, -0.05) is 24.3 Å². The van der Waals surface area contributed by atoms with Gasteiger partial charge in [0.2, 0.25) is 0 Å². The van der Waals surface area contributed by atoms with Crippen molar-refractivity contribution in [2.24, 2.45) is 0 Å². The summed E-state index contributed by atoms with van der Waals surface area (Å²) >= 11 is 0. The second-order valence-electron chi connectivity index (χ2n) is 6.23. The maximum atomic E-state index is 12.9. The fourth-order valence-electron chi connectivity index (χ4n) is 3.49. The van der Waals surface area contributed by atoms with Crippen molar-refractivity contribution < 1.29 is 18.3 Å². The Labute approximate surface area is 141 Å². The first-order valence-electron chi connectivity index (χ1n) is 8.10. The van der Waals surface area contributed by atoms with Gasteiger partial charge in [0.1, 0.15) is 0 Å². The molecular formula is C17H20N2O4S. The maximum absolute atomic E-state index is 12.9. The number of aliphatic hydroxyl groups excluding tert-OH is 1. The molecule has 1 saturated heterocycles. The van der Waals surface area contributed by atoms with Crippen LogP contribution >= 0.6 is 0 Å². The predicted octanol–water partition coefficient (Wildman–Crippen LogP) is 1.04. The number of nitrogens with zero attached hydrogens (tertiary/aromatic N) is 2. The molecule has 2 aromatic carbocycles. The molecule has 2 aliphatic heterocycles. The van der Waals surface area contributed by atoms with E-state index in [4.69, 9.17) is 4.74 Å². The van der Waals surface area contributed by atoms with Crippen LogP contribution in [-0.2, 0) is 14.8 Å². The van der Waals surface area contributed by atoms with E-state index in [-0.39, 0.29) is 6.54 Å². The largest absolute Gasteiger partial charge is 0.390 e. The Morgan fingerprint density at radius 2 is 1.79 bits per heavy atom. The molecule has 0 unspecified atom stereocenters. The van der Waals surface area contributed by atoms with Gasteiger partial charge in [0.15, 0.2) is 0 Å². The highest BCUT2D eigenvalue weighted by Gasteiger charge is 2.36. The molecule has 0 aromatic heterocycles. The van der Waals surface area contributed by atoms with Crippen LogP contribution in [0.15, 0.2) is 41.3 Å². The van der Waals surface area contributed by atoms with E-state index >= 15 is 0 Å². The fraction of sp³-hybridized carbons (Fsp3) is 0.412. The molecule has 2 aliphatic rings. The Hall–Kier alpha value is -1.67. The molecule has 0 saturated carbocycles. The monoisotopic (exact) mass is 348 g/mol. The van der Waals surface area contributed by atoms with Gasteiger partial charge in [-0.25, -0.2) is 8.42 Å². The van der Waals surface area contributed by atoms with Crippen LogP contribution in [0.25, 0.3) is 10.8 Å². The van der Waals surface area contributed by atoms with Gasteiger partial charge in [-0.3, -0.25) is 9.21 Å². The van der Waals surface area contributed by atoms with Crippen LogP contribution in [0.2, 0.25) is 0 Å². The van der Waals surface area contributed by atoms with Gasteiger partial charge in [-0.15, -0.1) is 0 Å². The number of ether oxygens (including phenoxy) is 1. The van der Waals surface area contributed by atoms with Crippen molar-refractivity contribution in [3.8, 4) is 0 Å². The van der Waals surface area contributed by atoms with E-state index in [0.29, 0.717) is 30.3 Å². The minimum absolute atomic E-state index is 0.0630. The highest BCUT2D eigenvalue weighted by atomic mass is 32.2. The molecule has 0 bridgehead atoms. The average molecular weight is 348 g/mol. The average Bonchev–Trinajstić information content (AvgIpc) is 2.79. The Kier molecular flexibility index (Phi) is 3.96. The summed E-state index contributed by atoms with van der Waals surface area (Å²) in [6.45, 7) is 3.34. The van der Waals surface area contributed by atoms with Gasteiger partial charge in [0.25, 0.3) is 10.0 Å². The fourth-order valence-corrected chi connectivity index (χ4v) is 5.23. The van der Waals surface area contributed by atoms with Crippen molar-refractivity contribution in [1.82, 2.24) is 4.90 Å². The molecule has 0 aliphatic carbocycles. The van der Waals surface area contributed by atoms with Crippen molar-refractivity contribution in [3.05, 3.63) is 36.4 Å². The van der Waals surface area contributed by atoms with E-state index < -0.39 is 16.1 Å². The van der Waals surface area contributed by atoms with E-state index in [1.165, 1.54) is 4.31 Å². The van der Waals surface area contributed by atoms with Crippen LogP contribution in [-0.4, -0.2) is 63.9 Å². The van der Waals surface area contributed by atoms with Crippen molar-refractivity contribution in [2.75, 3.05) is 43.7 Å². The molecule has 6 nitrogen and oxygen atoms in total. The molecule has 1 atom stereocenters. The number of β-amino-alcohol motifs (C(OH)–C–C–N with tert-alkyl or cyclic N) is 1. The zero-order valence-electron chi connectivity index (χ0n) is 13.3. The van der Waals surface area contributed by atoms with Gasteiger partial charge in [-0.05, 0) is 17.5 Å². The van der Waals surface area contributed by atoms with Crippen LogP contribution in [0.1, 0.15) is 0 Å². The number of hydrogen-bond acceptors (Lipinski definition) is 5. The van der Waals surface area contributed by atoms with E-state index in [1.807, 2.05) is 18.2 Å². The molecule has 4 rings (SSSR count). The number of anilines is 1. The molecular weight excluding hydrogens is 328 g/mol. The SMILES string of the molecule is O=S1(=O)c2cccc3cccc(c23)N1C[C@@H](O)CN1CCOCC1. The third-order valence-electron chi connectivity index (χ3n) is 4.63. The summed E-state index contributed by atoms with van der Waals surface area (Å²) in [5, 5.41) is 12.1. The number of morpholine rings is 1. The normalized spacial score (nSPS) is 21.3. The highest BCUT2D eigenvalue weighted by Crippen LogP contribution is 2.41. The van der Waals surface area contributed by atoms with E-state index in [1.54, 1.807) is 18.2 Å². The standard InChI is InChI=1S/C17H20N2O4S/c20-14(11-18-7-9-23-10-8-18)12-19-15-5-1-3-13-4-2-6-16(17(13)15)24(19,21)22/h1-6,14,20H,7-12H2/t14-/m0/s1. The lowest BCUT2D eigenvalue weighted by molar-refractivity contribution is 0.0166. The third-order valence-corrected chi connectivity index (χ3v) is 6.45. The quantitative estimate of drug-likeness (QED) is 0.894. The minimum atomic E-state index is -3.60. The van der Waals surface area contributed by atoms with Crippen molar-refractivity contribution in [3.63, 3.8) is 0 Å². The van der Waals surface area contributed by atoms with Crippen LogP contribution < -0.4 is 4.31 Å². The molecule has 24 heavy (non-hydrogen) atoms. The van der Waals surface area contributed by atoms with Crippen molar-refractivity contribution in [1.29, 1.82) is 0 Å². The molecule has 2 aromatic rings. The van der Waals surface area contributed by atoms with Crippen molar-refractivity contribution in [2.45, 2.75) is 11.0 Å². The molecule has 1 fully saturated rings. The summed E-state index contributed by atoms with van der Waals surface area (Å²) in [7, 11) is -3.60. The first-order valence-corrected chi connectivity index (χ1v) is 9.54. The molecule has 0 amide bonds. The number of aliphatic hydroxyl groups is 1. The van der Waals surface area contributed by atoms with Crippen LogP contribution in [0, 0.1) is 0 Å². The summed E-state index contributed by atoms with van der Waals surface area (Å²) in [5.74, 6) is 0. The summed E-state index contributed by atoms with van der Waals surface area (Å²) in [6.07, 6.45) is -0.748. The molecule has 1 N–H and O–H groups in total. The minimum Gasteiger partial charge on any atom is -0.390 e. The first-order chi connectivity index (χ1) is 11.6. The van der Waals surface area contributed by atoms with Gasteiger partial charge >= 0.3 is 0 Å². The zero-order chi connectivity index (χ0) is 16.7. The summed E-state index contributed by atoms with van der Waals surface area (Å²) < 4.78 is 32.4. The van der Waals surface area contributed by atoms with E-state index in [9.17, 15) is 13.5 Å². The Bertz CT molecular complexity index is 857. The summed E-state index contributed by atoms with van der Waals surface area (Å²) in [5.41, 5.74) is 0.657. The molecule has 7 heteroatoms. The molecule has 128 valence electrons. The Morgan fingerprint density at radius 1 is 1.08 bits per heavy atom. The van der Waals surface area contributed by atoms with Crippen LogP contribution in [0.3, 0.4) is 0 Å². The van der Waals surface area contributed by atoms with E-state index in [0.717, 1.165) is 23.9 Å². The Balaban J connectivity index is 1.61. The number of hydrogen-bond donors (Lipinski definition) is 1. The second kappa shape index (κ2) is 6.00. The second-order valence-corrected chi connectivity index (χ2v) is 8.07. The van der Waals surface area contributed by atoms with Gasteiger partial charge in [0, 0.05) is 25.0 Å². The van der Waals surface area contributed by atoms with Crippen LogP contribution in [0.4, 0.5) is 5.69 Å². The topological polar surface area (TPSA) is 70.1 Å². The van der Waals surface area contributed by atoms with E-state index in [2.05, 4.69) is 4.90 Å². The molecule has 0 radical (unpaired) electrons. The predicted molar refractivity (Wildman–Crippen MR) is 91.7 cm³/mol. The lowest BCUT2D eigenvalue weighted by Gasteiger charge is -2.30. The summed E-state index contributed by atoms with van der Waals surface area (Å²) in [6, 6.07) is 10.9. The third kappa shape index (κ3) is 2.57. The van der Waals surface area contributed by atoms with Gasteiger partial charge < -0.3 is 9.84 Å². The van der Waals surface area contributed by atoms with Crippen LogP contribution in [0.5, 0.6) is 0 Å². The smallest absolute Gasteiger partial charge is 0.265 e. The lowest BCUT2D eigenvalue weighted by Crippen LogP contribution is -2.45. The number of sulfonamides is 1. The maximum Gasteiger partial charge on any atom is 0.265 e. The number of rotatable bonds is 4. The Morgan fingerprint density at radius 3 is 2.54 bits per heavy atom. The molecule has 2 heterocycles. The summed E-state index contributed by atoms with van der Waals surface area (Å²) in [4.78, 5) is 2.43. The highest BCUT2D eigenvalue weighted by molar-refractivity contribution is 7.93. The lowest BCUT2D eigenvalue weighted by atomic mass is 10.1. The van der Waals surface area contributed by atoms with Gasteiger partial charge in [0.05, 0.1) is 36.4 Å². The van der Waals surface area contributed by atoms with Gasteiger partial charge in [-0.2, -0.15) is 0 Å². The number of benzene rings is 2. The zero-order valence-corrected chi connectivity index (χ0v) is 14.1. The van der Waals surface area contributed by atoms with Crippen molar-refractivity contribution >= 4 is 26.5 Å².